The predicted molar refractivity (Wildman–Crippen MR) is 76.9 cm³/mol. The van der Waals surface area contributed by atoms with Gasteiger partial charge in [-0.15, -0.1) is 5.10 Å². The molecule has 21 heavy (non-hydrogen) atoms. The predicted octanol–water partition coefficient (Wildman–Crippen LogP) is 1.34. The molecule has 2 unspecified atom stereocenters. The molecule has 108 valence electrons. The summed E-state index contributed by atoms with van der Waals surface area (Å²) < 4.78 is 0. The van der Waals surface area contributed by atoms with E-state index in [-0.39, 0.29) is 22.3 Å². The van der Waals surface area contributed by atoms with Crippen molar-refractivity contribution in [2.75, 3.05) is 5.43 Å². The third-order valence-electron chi connectivity index (χ3n) is 3.50. The van der Waals surface area contributed by atoms with E-state index in [0.29, 0.717) is 12.2 Å². The number of fused-ring (bicyclic) bond motifs is 1. The molecule has 1 N–H and O–H groups in total. The van der Waals surface area contributed by atoms with Crippen molar-refractivity contribution in [3.63, 3.8) is 0 Å². The Bertz CT molecular complexity index is 702. The lowest BCUT2D eigenvalue weighted by Crippen LogP contribution is -2.39. The van der Waals surface area contributed by atoms with E-state index in [9.17, 15) is 9.59 Å². The Hall–Kier alpha value is -2.21. The van der Waals surface area contributed by atoms with Gasteiger partial charge in [-0.25, -0.2) is 4.98 Å². The first kappa shape index (κ1) is 13.8. The Kier molecular flexibility index (Phi) is 3.47. The van der Waals surface area contributed by atoms with E-state index in [2.05, 4.69) is 15.5 Å². The van der Waals surface area contributed by atoms with Gasteiger partial charge in [0.25, 0.3) is 0 Å². The molecule has 0 spiro atoms. The zero-order valence-electron chi connectivity index (χ0n) is 11.3. The molecular weight excluding hydrogens is 292 g/mol. The van der Waals surface area contributed by atoms with Gasteiger partial charge in [0.05, 0.1) is 11.8 Å². The molecule has 0 saturated heterocycles. The molecule has 0 bridgehead atoms. The first-order valence-corrected chi connectivity index (χ1v) is 7.00. The summed E-state index contributed by atoms with van der Waals surface area (Å²) in [6.45, 7) is 1.92. The monoisotopic (exact) mass is 304 g/mol. The highest BCUT2D eigenvalue weighted by molar-refractivity contribution is 6.46. The van der Waals surface area contributed by atoms with Gasteiger partial charge in [0, 0.05) is 6.42 Å². The van der Waals surface area contributed by atoms with Crippen molar-refractivity contribution >= 4 is 23.2 Å². The van der Waals surface area contributed by atoms with Crippen molar-refractivity contribution in [1.82, 2.24) is 14.9 Å². The van der Waals surface area contributed by atoms with E-state index < -0.39 is 11.8 Å². The molecule has 1 aromatic heterocycles. The number of carbonyl (C=O) groups excluding carboxylic acids is 2. The molecule has 0 aromatic carbocycles. The fourth-order valence-electron chi connectivity index (χ4n) is 2.38. The number of Topliss-reactive ketones (excluding diaryl/α,β-unsaturated/α-hetero) is 2. The quantitative estimate of drug-likeness (QED) is 0.912. The topological polar surface area (TPSA) is 76.9 Å². The van der Waals surface area contributed by atoms with Gasteiger partial charge in [-0.1, -0.05) is 42.8 Å². The van der Waals surface area contributed by atoms with Gasteiger partial charge < -0.3 is 0 Å². The molecule has 3 rings (SSSR count). The van der Waals surface area contributed by atoms with Crippen molar-refractivity contribution in [2.24, 2.45) is 11.8 Å². The minimum atomic E-state index is -0.512. The Morgan fingerprint density at radius 2 is 1.90 bits per heavy atom. The molecule has 0 aliphatic heterocycles. The van der Waals surface area contributed by atoms with Crippen LogP contribution in [0.5, 0.6) is 0 Å². The van der Waals surface area contributed by atoms with Crippen LogP contribution in [0.3, 0.4) is 0 Å². The summed E-state index contributed by atoms with van der Waals surface area (Å²) in [6, 6.07) is 0. The number of halogens is 1. The number of carbonyl (C=O) groups is 2. The van der Waals surface area contributed by atoms with Crippen LogP contribution in [0.15, 0.2) is 41.4 Å². The zero-order chi connectivity index (χ0) is 15.0. The van der Waals surface area contributed by atoms with Crippen molar-refractivity contribution in [3.8, 4) is 0 Å². The summed E-state index contributed by atoms with van der Waals surface area (Å²) in [7, 11) is 0. The molecule has 1 heterocycles. The van der Waals surface area contributed by atoms with Crippen molar-refractivity contribution in [3.05, 3.63) is 47.2 Å². The van der Waals surface area contributed by atoms with Crippen molar-refractivity contribution in [2.45, 2.75) is 13.3 Å². The number of nitrogens with one attached hydrogen (secondary N) is 1. The second-order valence-electron chi connectivity index (χ2n) is 4.81. The number of hydrogen-bond acceptors (Lipinski definition) is 5. The van der Waals surface area contributed by atoms with Gasteiger partial charge >= 0.3 is 0 Å². The second kappa shape index (κ2) is 5.29. The van der Waals surface area contributed by atoms with Gasteiger partial charge in [0.15, 0.2) is 17.4 Å². The van der Waals surface area contributed by atoms with Gasteiger partial charge in [-0.3, -0.25) is 15.0 Å². The van der Waals surface area contributed by atoms with Crippen molar-refractivity contribution in [1.29, 1.82) is 0 Å². The van der Waals surface area contributed by atoms with E-state index in [4.69, 9.17) is 11.6 Å². The molecule has 0 radical (unpaired) electrons. The van der Waals surface area contributed by atoms with Crippen LogP contribution < -0.4 is 5.43 Å². The third kappa shape index (κ3) is 2.31. The summed E-state index contributed by atoms with van der Waals surface area (Å²) in [6.07, 6.45) is 9.04. The molecule has 0 saturated carbocycles. The average molecular weight is 305 g/mol. The Balaban J connectivity index is 1.94. The molecular formula is C14H13ClN4O2. The average Bonchev–Trinajstić information content (AvgIpc) is 2.97. The lowest BCUT2D eigenvalue weighted by molar-refractivity contribution is -0.127. The maximum absolute atomic E-state index is 12.5. The minimum absolute atomic E-state index is 0.0652. The SMILES string of the molecule is CCc1ncn(NC2=C(Cl)C(=O)C3C=CC=CC3C2=O)n1. The Labute approximate surface area is 126 Å². The van der Waals surface area contributed by atoms with Gasteiger partial charge in [-0.2, -0.15) is 4.79 Å². The molecule has 2 aliphatic rings. The largest absolute Gasteiger partial charge is 0.292 e. The van der Waals surface area contributed by atoms with E-state index >= 15 is 0 Å². The van der Waals surface area contributed by atoms with Crippen LogP contribution in [0.1, 0.15) is 12.7 Å². The van der Waals surface area contributed by atoms with Crippen LogP contribution in [0.4, 0.5) is 0 Å². The molecule has 1 aromatic rings. The van der Waals surface area contributed by atoms with Gasteiger partial charge in [0.2, 0.25) is 0 Å². The van der Waals surface area contributed by atoms with Crippen LogP contribution in [0.2, 0.25) is 0 Å². The van der Waals surface area contributed by atoms with Crippen LogP contribution in [0.25, 0.3) is 0 Å². The van der Waals surface area contributed by atoms with E-state index in [1.54, 1.807) is 24.3 Å². The maximum Gasteiger partial charge on any atom is 0.190 e. The molecule has 2 aliphatic carbocycles. The smallest absolute Gasteiger partial charge is 0.190 e. The first-order valence-electron chi connectivity index (χ1n) is 6.62. The Morgan fingerprint density at radius 3 is 2.52 bits per heavy atom. The number of nitrogens with zero attached hydrogens (tertiary/aromatic N) is 3. The summed E-state index contributed by atoms with van der Waals surface area (Å²) in [5, 5.41) is 4.04. The number of aryl methyl sites for hydroxylation is 1. The van der Waals surface area contributed by atoms with Gasteiger partial charge in [0.1, 0.15) is 17.1 Å². The third-order valence-corrected chi connectivity index (χ3v) is 3.88. The van der Waals surface area contributed by atoms with Crippen LogP contribution >= 0.6 is 11.6 Å². The minimum Gasteiger partial charge on any atom is -0.292 e. The summed E-state index contributed by atoms with van der Waals surface area (Å²) in [5.41, 5.74) is 2.83. The fourth-order valence-corrected chi connectivity index (χ4v) is 2.65. The number of ketones is 2. The molecule has 2 atom stereocenters. The lowest BCUT2D eigenvalue weighted by atomic mass is 9.77. The van der Waals surface area contributed by atoms with Crippen LogP contribution in [0, 0.1) is 11.8 Å². The van der Waals surface area contributed by atoms with Crippen LogP contribution in [-0.2, 0) is 16.0 Å². The van der Waals surface area contributed by atoms with Gasteiger partial charge in [-0.05, 0) is 0 Å². The lowest BCUT2D eigenvalue weighted by Gasteiger charge is -2.28. The number of aromatic nitrogens is 3. The summed E-state index contributed by atoms with van der Waals surface area (Å²) >= 11 is 6.07. The zero-order valence-corrected chi connectivity index (χ0v) is 12.0. The number of hydrogen-bond donors (Lipinski definition) is 1. The maximum atomic E-state index is 12.5. The standard InChI is InChI=1S/C14H13ClN4O2/c1-2-10-16-7-19(17-10)18-12-11(15)13(20)8-5-3-4-6-9(8)14(12)21/h3-9,18H,2H2,1H3. The normalized spacial score (nSPS) is 24.5. The molecule has 6 nitrogen and oxygen atoms in total. The van der Waals surface area contributed by atoms with Crippen molar-refractivity contribution < 1.29 is 9.59 Å². The number of allylic oxidation sites excluding steroid dienone is 6. The van der Waals surface area contributed by atoms with E-state index in [1.165, 1.54) is 11.1 Å². The Morgan fingerprint density at radius 1 is 1.24 bits per heavy atom. The highest BCUT2D eigenvalue weighted by Crippen LogP contribution is 2.33. The molecule has 7 heteroatoms. The second-order valence-corrected chi connectivity index (χ2v) is 5.19. The molecule has 0 amide bonds. The fraction of sp³-hybridized carbons (Fsp3) is 0.286. The summed E-state index contributed by atoms with van der Waals surface area (Å²) in [5.74, 6) is -0.879. The highest BCUT2D eigenvalue weighted by atomic mass is 35.5. The van der Waals surface area contributed by atoms with Crippen LogP contribution in [-0.4, -0.2) is 26.4 Å². The molecule has 0 fully saturated rings. The number of rotatable bonds is 3. The highest BCUT2D eigenvalue weighted by Gasteiger charge is 2.41. The van der Waals surface area contributed by atoms with E-state index in [1.807, 2.05) is 6.92 Å². The summed E-state index contributed by atoms with van der Waals surface area (Å²) in [4.78, 5) is 30.1. The van der Waals surface area contributed by atoms with E-state index in [0.717, 1.165) is 0 Å². The first-order chi connectivity index (χ1) is 10.1.